The minimum atomic E-state index is -1.18. The fourth-order valence-corrected chi connectivity index (χ4v) is 11.9. The average Bonchev–Trinajstić information content (AvgIpc) is 3.69. The first-order valence-electron chi connectivity index (χ1n) is 18.3. The first-order valence-corrected chi connectivity index (χ1v) is 19.3. The Morgan fingerprint density at radius 2 is 1.77 bits per heavy atom. The van der Waals surface area contributed by atoms with E-state index in [2.05, 4.69) is 46.3 Å². The molecule has 2 saturated heterocycles. The number of thioether (sulfide) groups is 1. The number of hydrogen-bond acceptors (Lipinski definition) is 8. The monoisotopic (exact) mass is 685 g/mol. The Balaban J connectivity index is 0.855. The fourth-order valence-electron chi connectivity index (χ4n) is 10.4. The number of allylic oxidation sites excluding steroid dienone is 2. The summed E-state index contributed by atoms with van der Waals surface area (Å²) in [5, 5.41) is 27.9. The van der Waals surface area contributed by atoms with Crippen molar-refractivity contribution in [2.45, 2.75) is 127 Å². The van der Waals surface area contributed by atoms with Crippen molar-refractivity contribution in [3.63, 3.8) is 0 Å². The van der Waals surface area contributed by atoms with Crippen molar-refractivity contribution in [2.24, 2.45) is 33.7 Å². The number of amides is 4. The zero-order valence-electron chi connectivity index (χ0n) is 28.9. The van der Waals surface area contributed by atoms with E-state index in [4.69, 9.17) is 4.84 Å². The number of rotatable bonds is 13. The molecule has 0 aromatic heterocycles. The van der Waals surface area contributed by atoms with Crippen LogP contribution in [0.4, 0.5) is 4.79 Å². The Kier molecular flexibility index (Phi) is 10.5. The van der Waals surface area contributed by atoms with E-state index in [9.17, 15) is 24.3 Å². The molecule has 0 spiro atoms. The highest BCUT2D eigenvalue weighted by Gasteiger charge is 2.65. The van der Waals surface area contributed by atoms with Gasteiger partial charge in [0.1, 0.15) is 5.60 Å². The zero-order valence-corrected chi connectivity index (χ0v) is 29.7. The molecular weight excluding hydrogens is 630 g/mol. The van der Waals surface area contributed by atoms with Gasteiger partial charge in [0, 0.05) is 35.9 Å². The number of ketones is 1. The molecule has 2 heterocycles. The Labute approximate surface area is 289 Å². The highest BCUT2D eigenvalue weighted by molar-refractivity contribution is 8.00. The van der Waals surface area contributed by atoms with Gasteiger partial charge in [0.25, 0.3) is 5.91 Å². The molecule has 11 nitrogen and oxygen atoms in total. The van der Waals surface area contributed by atoms with Gasteiger partial charge in [-0.05, 0) is 107 Å². The molecule has 3 saturated carbocycles. The molecule has 0 aromatic rings. The minimum Gasteiger partial charge on any atom is -0.385 e. The fraction of sp³-hybridized carbons (Fsp3) is 0.806. The highest BCUT2D eigenvalue weighted by Crippen LogP contribution is 2.67. The summed E-state index contributed by atoms with van der Waals surface area (Å²) in [5.74, 6) is 2.14. The van der Waals surface area contributed by atoms with Gasteiger partial charge < -0.3 is 31.2 Å². The normalized spacial score (nSPS) is 38.9. The first-order chi connectivity index (χ1) is 22.9. The van der Waals surface area contributed by atoms with E-state index in [0.29, 0.717) is 55.4 Å². The molecule has 0 aromatic carbocycles. The Hall–Kier alpha value is -2.60. The summed E-state index contributed by atoms with van der Waals surface area (Å²) < 4.78 is 0. The number of urea groups is 1. The largest absolute Gasteiger partial charge is 0.385 e. The molecule has 48 heavy (non-hydrogen) atoms. The summed E-state index contributed by atoms with van der Waals surface area (Å²) in [5.41, 5.74) is 0.907. The number of nitrogens with zero attached hydrogens (tertiary/aromatic N) is 1. The molecule has 0 unspecified atom stereocenters. The molecular formula is C36H55N5O6S. The van der Waals surface area contributed by atoms with Crippen LogP contribution in [0, 0.1) is 28.6 Å². The smallest absolute Gasteiger partial charge is 0.315 e. The lowest BCUT2D eigenvalue weighted by Gasteiger charge is -2.59. The van der Waals surface area contributed by atoms with Gasteiger partial charge in [-0.3, -0.25) is 14.4 Å². The van der Waals surface area contributed by atoms with Crippen molar-refractivity contribution in [1.82, 2.24) is 21.3 Å². The van der Waals surface area contributed by atoms with Crippen LogP contribution in [0.15, 0.2) is 16.8 Å². The van der Waals surface area contributed by atoms with E-state index < -0.39 is 5.60 Å². The van der Waals surface area contributed by atoms with Crippen LogP contribution < -0.4 is 21.3 Å². The molecule has 0 bridgehead atoms. The Bertz CT molecular complexity index is 1340. The standard InChI is InChI=1S/C36H55N5O6S/c1-22(42)36(46)16-13-27-25-10-9-23-19-24(11-14-34(23,2)26(25)12-15-35(27,36)3)41-47-20-31(44)38-18-6-17-37-30(43)8-5-4-7-29-32-28(21-48-29)39-33(45)40-32/h19,25-29,32,46H,4-18,20-21H2,1-3H3,(H,37,43)(H,38,44)(H2,39,40,45)/b41-24+/t25-,26+,27+,28+,29+,32+,34+,35+,36+/m1/s1. The molecule has 5 fully saturated rings. The number of Topliss-reactive ketones (excluding diaryl/α,β-unsaturated/α-hetero) is 1. The first kappa shape index (κ1) is 35.2. The number of carbonyl (C=O) groups is 4. The molecule has 4 amide bonds. The maximum Gasteiger partial charge on any atom is 0.315 e. The van der Waals surface area contributed by atoms with Crippen LogP contribution in [0.25, 0.3) is 0 Å². The molecule has 6 aliphatic rings. The molecule has 9 atom stereocenters. The maximum atomic E-state index is 12.5. The van der Waals surface area contributed by atoms with Crippen LogP contribution in [-0.4, -0.2) is 82.8 Å². The second-order valence-corrected chi connectivity index (χ2v) is 17.0. The van der Waals surface area contributed by atoms with Crippen LogP contribution in [0.1, 0.15) is 104 Å². The van der Waals surface area contributed by atoms with Crippen molar-refractivity contribution in [2.75, 3.05) is 25.4 Å². The molecule has 0 radical (unpaired) electrons. The van der Waals surface area contributed by atoms with Crippen molar-refractivity contribution in [1.29, 1.82) is 0 Å². The van der Waals surface area contributed by atoms with Gasteiger partial charge in [0.05, 0.1) is 17.8 Å². The third kappa shape index (κ3) is 6.76. The zero-order chi connectivity index (χ0) is 34.1. The summed E-state index contributed by atoms with van der Waals surface area (Å²) in [6, 6.07) is 0.371. The van der Waals surface area contributed by atoms with E-state index in [0.717, 1.165) is 75.7 Å². The summed E-state index contributed by atoms with van der Waals surface area (Å²) in [4.78, 5) is 54.0. The Morgan fingerprint density at radius 1 is 1.00 bits per heavy atom. The summed E-state index contributed by atoms with van der Waals surface area (Å²) in [7, 11) is 0. The maximum absolute atomic E-state index is 12.5. The van der Waals surface area contributed by atoms with Crippen LogP contribution in [0.3, 0.4) is 0 Å². The second-order valence-electron chi connectivity index (χ2n) is 15.7. The number of aliphatic hydroxyl groups is 1. The van der Waals surface area contributed by atoms with E-state index in [1.54, 1.807) is 6.92 Å². The topological polar surface area (TPSA) is 158 Å². The van der Waals surface area contributed by atoms with Gasteiger partial charge >= 0.3 is 6.03 Å². The lowest BCUT2D eigenvalue weighted by atomic mass is 9.46. The van der Waals surface area contributed by atoms with E-state index in [1.807, 2.05) is 11.8 Å². The number of fused-ring (bicyclic) bond motifs is 6. The van der Waals surface area contributed by atoms with Crippen molar-refractivity contribution in [3.8, 4) is 0 Å². The molecule has 2 aliphatic heterocycles. The molecule has 6 rings (SSSR count). The summed E-state index contributed by atoms with van der Waals surface area (Å²) in [6.45, 7) is 6.95. The van der Waals surface area contributed by atoms with Crippen LogP contribution >= 0.6 is 11.8 Å². The molecule has 12 heteroatoms. The van der Waals surface area contributed by atoms with Gasteiger partial charge in [0.15, 0.2) is 12.4 Å². The lowest BCUT2D eigenvalue weighted by Crippen LogP contribution is -2.57. The van der Waals surface area contributed by atoms with Crippen LogP contribution in [0.5, 0.6) is 0 Å². The van der Waals surface area contributed by atoms with Crippen molar-refractivity contribution < 1.29 is 29.1 Å². The van der Waals surface area contributed by atoms with Crippen molar-refractivity contribution in [3.05, 3.63) is 11.6 Å². The number of carbonyl (C=O) groups excluding carboxylic acids is 4. The summed E-state index contributed by atoms with van der Waals surface area (Å²) >= 11 is 1.89. The van der Waals surface area contributed by atoms with Crippen LogP contribution in [0.2, 0.25) is 0 Å². The quantitative estimate of drug-likeness (QED) is 0.111. The van der Waals surface area contributed by atoms with Gasteiger partial charge in [0.2, 0.25) is 5.91 Å². The third-order valence-electron chi connectivity index (χ3n) is 13.2. The SMILES string of the molecule is CC(=O)[C@@]1(O)CC[C@H]2[C@@H]3CCC4=C/C(=N/OCC(=O)NCCCNC(=O)CCCC[C@@H]5SC[C@@H]6NC(=O)N[C@@H]65)CC[C@]4(C)[C@H]3CC[C@@]21C. The highest BCUT2D eigenvalue weighted by atomic mass is 32.2. The minimum absolute atomic E-state index is 0.0279. The van der Waals surface area contributed by atoms with Gasteiger partial charge in [-0.1, -0.05) is 31.0 Å². The molecule has 5 N–H and O–H groups in total. The molecule has 266 valence electrons. The number of oxime groups is 1. The predicted octanol–water partition coefficient (Wildman–Crippen LogP) is 3.99. The number of nitrogens with one attached hydrogen (secondary N) is 4. The van der Waals surface area contributed by atoms with Gasteiger partial charge in [-0.25, -0.2) is 4.79 Å². The van der Waals surface area contributed by atoms with E-state index in [-0.39, 0.29) is 53.1 Å². The lowest BCUT2D eigenvalue weighted by molar-refractivity contribution is -0.159. The predicted molar refractivity (Wildman–Crippen MR) is 185 cm³/mol. The summed E-state index contributed by atoms with van der Waals surface area (Å²) in [6.07, 6.45) is 13.4. The van der Waals surface area contributed by atoms with Gasteiger partial charge in [-0.15, -0.1) is 0 Å². The number of unbranched alkanes of at least 4 members (excludes halogenated alkanes) is 1. The second kappa shape index (κ2) is 14.3. The van der Waals surface area contributed by atoms with E-state index >= 15 is 0 Å². The molecule has 4 aliphatic carbocycles. The van der Waals surface area contributed by atoms with Gasteiger partial charge in [-0.2, -0.15) is 11.8 Å². The number of hydrogen-bond donors (Lipinski definition) is 5. The van der Waals surface area contributed by atoms with Crippen molar-refractivity contribution >= 4 is 41.1 Å². The Morgan fingerprint density at radius 3 is 2.56 bits per heavy atom. The third-order valence-corrected chi connectivity index (χ3v) is 14.7. The average molecular weight is 686 g/mol. The van der Waals surface area contributed by atoms with Crippen LogP contribution in [-0.2, 0) is 19.2 Å². The van der Waals surface area contributed by atoms with E-state index in [1.165, 1.54) is 5.57 Å².